The lowest BCUT2D eigenvalue weighted by Crippen LogP contribution is -2.14. The van der Waals surface area contributed by atoms with Crippen molar-refractivity contribution in [1.82, 2.24) is 9.78 Å². The van der Waals surface area contributed by atoms with E-state index in [1.54, 1.807) is 22.1 Å². The monoisotopic (exact) mass is 489 g/mol. The lowest BCUT2D eigenvalue weighted by molar-refractivity contribution is -0.385. The number of rotatable bonds is 7. The fraction of sp³-hybridized carbons (Fsp3) is 0.120. The van der Waals surface area contributed by atoms with Crippen LogP contribution in [-0.4, -0.2) is 27.5 Å². The van der Waals surface area contributed by atoms with Crippen molar-refractivity contribution in [3.63, 3.8) is 0 Å². The Kier molecular flexibility index (Phi) is 6.38. The molecule has 0 aliphatic carbocycles. The molecule has 2 aromatic carbocycles. The van der Waals surface area contributed by atoms with E-state index in [1.807, 2.05) is 54.0 Å². The molecule has 3 heterocycles. The van der Waals surface area contributed by atoms with Crippen molar-refractivity contribution in [1.29, 1.82) is 0 Å². The number of benzene rings is 2. The summed E-state index contributed by atoms with van der Waals surface area (Å²) in [6.45, 7) is 0.0472. The molecule has 4 aromatic rings. The van der Waals surface area contributed by atoms with Crippen LogP contribution in [0, 0.1) is 10.1 Å². The van der Waals surface area contributed by atoms with Crippen LogP contribution in [0.3, 0.4) is 0 Å². The summed E-state index contributed by atoms with van der Waals surface area (Å²) < 4.78 is 17.8. The summed E-state index contributed by atoms with van der Waals surface area (Å²) in [5, 5.41) is 17.9. The van der Waals surface area contributed by atoms with Crippen LogP contribution in [0.1, 0.15) is 16.7 Å². The number of thiophene rings is 1. The van der Waals surface area contributed by atoms with Gasteiger partial charge in [-0.05, 0) is 29.7 Å². The lowest BCUT2D eigenvalue weighted by atomic mass is 10.1. The molecule has 35 heavy (non-hydrogen) atoms. The summed E-state index contributed by atoms with van der Waals surface area (Å²) in [5.74, 6) is -0.148. The third-order valence-electron chi connectivity index (χ3n) is 5.27. The van der Waals surface area contributed by atoms with Gasteiger partial charge in [0, 0.05) is 41.1 Å². The minimum atomic E-state index is -0.595. The minimum Gasteiger partial charge on any atom is -0.467 e. The molecule has 0 radical (unpaired) electrons. The van der Waals surface area contributed by atoms with Gasteiger partial charge in [-0.1, -0.05) is 24.3 Å². The summed E-state index contributed by atoms with van der Waals surface area (Å²) in [6.07, 6.45) is 4.81. The third-order valence-corrected chi connectivity index (χ3v) is 6.15. The highest BCUT2D eigenvalue weighted by Gasteiger charge is 2.21. The van der Waals surface area contributed by atoms with Gasteiger partial charge in [0.25, 0.3) is 5.69 Å². The lowest BCUT2D eigenvalue weighted by Gasteiger charge is -2.20. The zero-order valence-electron chi connectivity index (χ0n) is 18.3. The number of fused-ring (bicyclic) bond motifs is 1. The first-order valence-electron chi connectivity index (χ1n) is 10.6. The Morgan fingerprint density at radius 2 is 2.09 bits per heavy atom. The average molecular weight is 490 g/mol. The molecule has 0 atom stereocenters. The first kappa shape index (κ1) is 22.5. The van der Waals surface area contributed by atoms with E-state index in [0.29, 0.717) is 16.9 Å². The van der Waals surface area contributed by atoms with Crippen molar-refractivity contribution in [3.8, 4) is 22.0 Å². The van der Waals surface area contributed by atoms with E-state index < -0.39 is 10.9 Å². The van der Waals surface area contributed by atoms with E-state index in [9.17, 15) is 14.9 Å². The highest BCUT2D eigenvalue weighted by atomic mass is 32.1. The molecule has 0 bridgehead atoms. The number of carbonyl (C=O) groups excluding carboxylic acids is 1. The Labute approximate surface area is 203 Å². The molecule has 2 aromatic heterocycles. The Bertz CT molecular complexity index is 1400. The molecular weight excluding hydrogens is 470 g/mol. The number of para-hydroxylation sites is 1. The second-order valence-electron chi connectivity index (χ2n) is 7.59. The zero-order chi connectivity index (χ0) is 24.2. The van der Waals surface area contributed by atoms with Crippen LogP contribution in [0.4, 0.5) is 5.69 Å². The SMILES string of the molecule is O=C(/C=C/c1cn(-c2ccccc2)nc1-c1cccs1)OCc1cc([N+](=O)[O-])cc2c1OCOC2. The molecule has 5 rings (SSSR count). The molecule has 0 amide bonds. The maximum absolute atomic E-state index is 12.5. The molecule has 0 spiro atoms. The van der Waals surface area contributed by atoms with E-state index in [4.69, 9.17) is 19.3 Å². The van der Waals surface area contributed by atoms with Gasteiger partial charge in [-0.2, -0.15) is 5.10 Å². The summed E-state index contributed by atoms with van der Waals surface area (Å²) in [5.41, 5.74) is 3.23. The number of hydrogen-bond donors (Lipinski definition) is 0. The van der Waals surface area contributed by atoms with E-state index in [0.717, 1.165) is 21.8 Å². The summed E-state index contributed by atoms with van der Waals surface area (Å²) in [6, 6.07) is 16.3. The van der Waals surface area contributed by atoms with Gasteiger partial charge >= 0.3 is 5.97 Å². The largest absolute Gasteiger partial charge is 0.467 e. The zero-order valence-corrected chi connectivity index (χ0v) is 19.1. The standard InChI is InChI=1S/C25H19N3O6S/c29-23(33-15-19-12-21(28(30)31)11-18-14-32-16-34-25(18)19)9-8-17-13-27(20-5-2-1-3-6-20)26-24(17)22-7-4-10-35-22/h1-13H,14-16H2/b9-8+. The number of hydrogen-bond acceptors (Lipinski definition) is 8. The Balaban J connectivity index is 1.36. The molecule has 176 valence electrons. The molecule has 1 aliphatic heterocycles. The van der Waals surface area contributed by atoms with Gasteiger partial charge < -0.3 is 14.2 Å². The summed E-state index contributed by atoms with van der Waals surface area (Å²) in [4.78, 5) is 24.3. The Morgan fingerprint density at radius 1 is 1.23 bits per heavy atom. The summed E-state index contributed by atoms with van der Waals surface area (Å²) >= 11 is 1.55. The van der Waals surface area contributed by atoms with Crippen LogP contribution < -0.4 is 4.74 Å². The maximum Gasteiger partial charge on any atom is 0.331 e. The van der Waals surface area contributed by atoms with Crippen molar-refractivity contribution in [2.45, 2.75) is 13.2 Å². The molecule has 0 unspecified atom stereocenters. The highest BCUT2D eigenvalue weighted by Crippen LogP contribution is 2.33. The highest BCUT2D eigenvalue weighted by molar-refractivity contribution is 7.13. The molecule has 0 fully saturated rings. The number of nitro benzene ring substituents is 1. The van der Waals surface area contributed by atoms with Crippen molar-refractivity contribution >= 4 is 29.1 Å². The van der Waals surface area contributed by atoms with Gasteiger partial charge in [0.2, 0.25) is 0 Å². The topological polar surface area (TPSA) is 106 Å². The number of nitrogens with zero attached hydrogens (tertiary/aromatic N) is 3. The van der Waals surface area contributed by atoms with E-state index in [1.165, 1.54) is 18.2 Å². The predicted molar refractivity (Wildman–Crippen MR) is 129 cm³/mol. The molecule has 1 aliphatic rings. The molecular formula is C25H19N3O6S. The second kappa shape index (κ2) is 9.92. The van der Waals surface area contributed by atoms with Gasteiger partial charge in [0.05, 0.1) is 22.1 Å². The molecule has 0 saturated carbocycles. The maximum atomic E-state index is 12.5. The Hall–Kier alpha value is -4.28. The van der Waals surface area contributed by atoms with Crippen LogP contribution in [-0.2, 0) is 27.5 Å². The fourth-order valence-electron chi connectivity index (χ4n) is 3.68. The van der Waals surface area contributed by atoms with Crippen LogP contribution in [0.2, 0.25) is 0 Å². The third kappa shape index (κ3) is 4.98. The van der Waals surface area contributed by atoms with Gasteiger partial charge in [0.15, 0.2) is 6.79 Å². The van der Waals surface area contributed by atoms with Crippen molar-refractivity contribution < 1.29 is 23.9 Å². The number of aromatic nitrogens is 2. The van der Waals surface area contributed by atoms with Crippen molar-refractivity contribution in [2.24, 2.45) is 0 Å². The Morgan fingerprint density at radius 3 is 2.86 bits per heavy atom. The number of carbonyl (C=O) groups is 1. The van der Waals surface area contributed by atoms with Gasteiger partial charge in [-0.15, -0.1) is 11.3 Å². The van der Waals surface area contributed by atoms with Crippen molar-refractivity contribution in [2.75, 3.05) is 6.79 Å². The quantitative estimate of drug-likeness (QED) is 0.153. The first-order valence-corrected chi connectivity index (χ1v) is 11.5. The molecule has 0 N–H and O–H groups in total. The molecule has 0 saturated heterocycles. The molecule has 9 nitrogen and oxygen atoms in total. The van der Waals surface area contributed by atoms with Crippen LogP contribution in [0.25, 0.3) is 22.3 Å². The molecule has 10 heteroatoms. The smallest absolute Gasteiger partial charge is 0.331 e. The normalized spacial score (nSPS) is 12.8. The fourth-order valence-corrected chi connectivity index (χ4v) is 4.41. The number of nitro groups is 1. The van der Waals surface area contributed by atoms with E-state index in [-0.39, 0.29) is 25.7 Å². The van der Waals surface area contributed by atoms with Gasteiger partial charge in [0.1, 0.15) is 18.1 Å². The summed E-state index contributed by atoms with van der Waals surface area (Å²) in [7, 11) is 0. The minimum absolute atomic E-state index is 0.0303. The average Bonchev–Trinajstić information content (AvgIpc) is 3.56. The first-order chi connectivity index (χ1) is 17.1. The van der Waals surface area contributed by atoms with Gasteiger partial charge in [-0.3, -0.25) is 10.1 Å². The van der Waals surface area contributed by atoms with Gasteiger partial charge in [-0.25, -0.2) is 9.48 Å². The van der Waals surface area contributed by atoms with Crippen molar-refractivity contribution in [3.05, 3.63) is 99.1 Å². The number of esters is 1. The van der Waals surface area contributed by atoms with E-state index in [2.05, 4.69) is 0 Å². The van der Waals surface area contributed by atoms with Crippen LogP contribution in [0.5, 0.6) is 5.75 Å². The second-order valence-corrected chi connectivity index (χ2v) is 8.54. The predicted octanol–water partition coefficient (Wildman–Crippen LogP) is 5.13. The number of non-ortho nitro benzene ring substituents is 1. The number of ether oxygens (including phenoxy) is 3. The van der Waals surface area contributed by atoms with Crippen LogP contribution in [0.15, 0.2) is 72.3 Å². The van der Waals surface area contributed by atoms with Crippen LogP contribution >= 0.6 is 11.3 Å². The van der Waals surface area contributed by atoms with E-state index >= 15 is 0 Å².